The summed E-state index contributed by atoms with van der Waals surface area (Å²) in [6, 6.07) is 9.50. The summed E-state index contributed by atoms with van der Waals surface area (Å²) < 4.78 is 13.4. The van der Waals surface area contributed by atoms with Gasteiger partial charge in [-0.25, -0.2) is 4.68 Å². The van der Waals surface area contributed by atoms with Gasteiger partial charge in [-0.2, -0.15) is 0 Å². The first kappa shape index (κ1) is 15.0. The van der Waals surface area contributed by atoms with Crippen LogP contribution < -0.4 is 9.47 Å². The average molecular weight is 343 g/mol. The third-order valence-corrected chi connectivity index (χ3v) is 3.99. The predicted molar refractivity (Wildman–Crippen MR) is 89.4 cm³/mol. The maximum atomic E-state index is 5.95. The molecule has 0 fully saturated rings. The fourth-order valence-corrected chi connectivity index (χ4v) is 2.88. The molecule has 0 saturated heterocycles. The zero-order chi connectivity index (χ0) is 16.5. The molecule has 0 amide bonds. The monoisotopic (exact) mass is 342 g/mol. The topological polar surface area (TPSA) is 62.1 Å². The van der Waals surface area contributed by atoms with E-state index in [1.807, 2.05) is 43.5 Å². The van der Waals surface area contributed by atoms with Crippen molar-refractivity contribution >= 4 is 11.6 Å². The van der Waals surface area contributed by atoms with E-state index in [4.69, 9.17) is 21.1 Å². The highest BCUT2D eigenvalue weighted by molar-refractivity contribution is 6.30. The van der Waals surface area contributed by atoms with Crippen molar-refractivity contribution in [2.45, 2.75) is 19.6 Å². The van der Waals surface area contributed by atoms with Crippen molar-refractivity contribution in [3.05, 3.63) is 53.3 Å². The van der Waals surface area contributed by atoms with E-state index in [2.05, 4.69) is 15.3 Å². The van der Waals surface area contributed by atoms with Gasteiger partial charge >= 0.3 is 0 Å². The van der Waals surface area contributed by atoms with Gasteiger partial charge in [0.15, 0.2) is 17.6 Å². The molecule has 1 aromatic carbocycles. The Morgan fingerprint density at radius 2 is 2.12 bits per heavy atom. The van der Waals surface area contributed by atoms with Crippen molar-refractivity contribution in [3.63, 3.8) is 0 Å². The van der Waals surface area contributed by atoms with E-state index in [0.29, 0.717) is 23.9 Å². The lowest BCUT2D eigenvalue weighted by molar-refractivity contribution is 0.0755. The normalized spacial score (nSPS) is 16.2. The van der Waals surface area contributed by atoms with Crippen molar-refractivity contribution in [1.82, 2.24) is 20.0 Å². The van der Waals surface area contributed by atoms with Gasteiger partial charge in [-0.05, 0) is 30.7 Å². The van der Waals surface area contributed by atoms with Gasteiger partial charge in [0.1, 0.15) is 12.3 Å². The largest absolute Gasteiger partial charge is 0.486 e. The molecule has 122 valence electrons. The van der Waals surface area contributed by atoms with Gasteiger partial charge < -0.3 is 9.47 Å². The molecule has 0 N–H and O–H groups in total. The van der Waals surface area contributed by atoms with Crippen LogP contribution in [0.1, 0.15) is 5.56 Å². The number of para-hydroxylation sites is 2. The third kappa shape index (κ3) is 2.92. The zero-order valence-corrected chi connectivity index (χ0v) is 13.8. The maximum absolute atomic E-state index is 5.95. The molecular formula is C17H15ClN4O2. The number of pyridine rings is 1. The lowest BCUT2D eigenvalue weighted by atomic mass is 10.2. The molecule has 1 atom stereocenters. The van der Waals surface area contributed by atoms with Crippen molar-refractivity contribution in [1.29, 1.82) is 0 Å². The molecule has 2 aromatic heterocycles. The quantitative estimate of drug-likeness (QED) is 0.731. The van der Waals surface area contributed by atoms with E-state index in [1.54, 1.807) is 10.9 Å². The highest BCUT2D eigenvalue weighted by atomic mass is 35.5. The summed E-state index contributed by atoms with van der Waals surface area (Å²) in [4.78, 5) is 4.33. The van der Waals surface area contributed by atoms with Crippen molar-refractivity contribution in [2.24, 2.45) is 0 Å². The molecule has 1 aliphatic heterocycles. The van der Waals surface area contributed by atoms with Crippen LogP contribution in [0.2, 0.25) is 5.02 Å². The number of fused-ring (bicyclic) bond motifs is 1. The van der Waals surface area contributed by atoms with Gasteiger partial charge in [-0.3, -0.25) is 4.98 Å². The molecule has 0 saturated carbocycles. The Kier molecular flexibility index (Phi) is 3.82. The first-order valence-corrected chi connectivity index (χ1v) is 7.98. The van der Waals surface area contributed by atoms with Gasteiger partial charge in [-0.1, -0.05) is 28.9 Å². The van der Waals surface area contributed by atoms with E-state index in [1.165, 1.54) is 0 Å². The Morgan fingerprint density at radius 3 is 2.96 bits per heavy atom. The number of rotatable bonds is 3. The molecule has 6 nitrogen and oxygen atoms in total. The summed E-state index contributed by atoms with van der Waals surface area (Å²) in [5.41, 5.74) is 2.44. The molecule has 0 aliphatic carbocycles. The molecule has 3 aromatic rings. The maximum Gasteiger partial charge on any atom is 0.161 e. The van der Waals surface area contributed by atoms with Gasteiger partial charge in [-0.15, -0.1) is 5.10 Å². The van der Waals surface area contributed by atoms with Crippen molar-refractivity contribution in [3.8, 4) is 22.9 Å². The third-order valence-electron chi connectivity index (χ3n) is 3.78. The first-order chi connectivity index (χ1) is 11.7. The minimum absolute atomic E-state index is 0.117. The molecule has 24 heavy (non-hydrogen) atoms. The van der Waals surface area contributed by atoms with E-state index < -0.39 is 0 Å². The Bertz CT molecular complexity index is 881. The fraction of sp³-hybridized carbons (Fsp3) is 0.235. The predicted octanol–water partition coefficient (Wildman–Crippen LogP) is 3.14. The van der Waals surface area contributed by atoms with Crippen LogP contribution in [-0.2, 0) is 6.54 Å². The first-order valence-electron chi connectivity index (χ1n) is 7.60. The summed E-state index contributed by atoms with van der Waals surface area (Å²) in [5.74, 6) is 1.53. The second-order valence-corrected chi connectivity index (χ2v) is 6.08. The minimum Gasteiger partial charge on any atom is -0.486 e. The summed E-state index contributed by atoms with van der Waals surface area (Å²) in [6.45, 7) is 2.97. The Labute approximate surface area is 144 Å². The van der Waals surface area contributed by atoms with Crippen molar-refractivity contribution < 1.29 is 9.47 Å². The lowest BCUT2D eigenvalue weighted by Gasteiger charge is -2.26. The molecule has 1 unspecified atom stereocenters. The highest BCUT2D eigenvalue weighted by Gasteiger charge is 2.21. The van der Waals surface area contributed by atoms with Crippen LogP contribution in [0.5, 0.6) is 11.5 Å². The SMILES string of the molecule is Cc1cc(Cl)cnc1-c1cn(CC2COc3ccccc3O2)nn1. The van der Waals surface area contributed by atoms with Gasteiger partial charge in [0.25, 0.3) is 0 Å². The minimum atomic E-state index is -0.117. The van der Waals surface area contributed by atoms with Crippen LogP contribution >= 0.6 is 11.6 Å². The Balaban J connectivity index is 1.50. The fourth-order valence-electron chi connectivity index (χ4n) is 2.67. The van der Waals surface area contributed by atoms with Crippen LogP contribution in [0.15, 0.2) is 42.7 Å². The van der Waals surface area contributed by atoms with E-state index in [9.17, 15) is 0 Å². The second-order valence-electron chi connectivity index (χ2n) is 5.64. The van der Waals surface area contributed by atoms with Crippen LogP contribution in [0, 0.1) is 6.92 Å². The number of hydrogen-bond donors (Lipinski definition) is 0. The number of halogens is 1. The molecular weight excluding hydrogens is 328 g/mol. The molecule has 7 heteroatoms. The lowest BCUT2D eigenvalue weighted by Crippen LogP contribution is -2.33. The molecule has 4 rings (SSSR count). The molecule has 0 radical (unpaired) electrons. The zero-order valence-electron chi connectivity index (χ0n) is 13.0. The Hall–Kier alpha value is -2.60. The molecule has 0 bridgehead atoms. The van der Waals surface area contributed by atoms with E-state index in [-0.39, 0.29) is 6.10 Å². The molecule has 1 aliphatic rings. The van der Waals surface area contributed by atoms with Crippen molar-refractivity contribution in [2.75, 3.05) is 6.61 Å². The summed E-state index contributed by atoms with van der Waals surface area (Å²) >= 11 is 5.95. The van der Waals surface area contributed by atoms with Crippen LogP contribution in [0.25, 0.3) is 11.4 Å². The van der Waals surface area contributed by atoms with Gasteiger partial charge in [0.05, 0.1) is 23.5 Å². The number of hydrogen-bond acceptors (Lipinski definition) is 5. The van der Waals surface area contributed by atoms with E-state index >= 15 is 0 Å². The molecule has 3 heterocycles. The number of benzene rings is 1. The van der Waals surface area contributed by atoms with Gasteiger partial charge in [0.2, 0.25) is 0 Å². The standard InChI is InChI=1S/C17H15ClN4O2/c1-11-6-12(18)7-19-17(11)14-9-22(21-20-14)8-13-10-23-15-4-2-3-5-16(15)24-13/h2-7,9,13H,8,10H2,1H3. The summed E-state index contributed by atoms with van der Waals surface area (Å²) in [7, 11) is 0. The second kappa shape index (κ2) is 6.13. The summed E-state index contributed by atoms with van der Waals surface area (Å²) in [5, 5.41) is 8.97. The van der Waals surface area contributed by atoms with Crippen LogP contribution in [0.3, 0.4) is 0 Å². The summed E-state index contributed by atoms with van der Waals surface area (Å²) in [6.07, 6.45) is 3.35. The number of aryl methyl sites for hydroxylation is 1. The number of nitrogens with zero attached hydrogens (tertiary/aromatic N) is 4. The number of ether oxygens (including phenoxy) is 2. The van der Waals surface area contributed by atoms with E-state index in [0.717, 1.165) is 22.8 Å². The van der Waals surface area contributed by atoms with Gasteiger partial charge in [0, 0.05) is 6.20 Å². The average Bonchev–Trinajstić information content (AvgIpc) is 3.03. The Morgan fingerprint density at radius 1 is 1.29 bits per heavy atom. The number of aromatic nitrogens is 4. The smallest absolute Gasteiger partial charge is 0.161 e. The van der Waals surface area contributed by atoms with Crippen LogP contribution in [-0.4, -0.2) is 32.7 Å². The highest BCUT2D eigenvalue weighted by Crippen LogP contribution is 2.31. The molecule has 0 spiro atoms. The van der Waals surface area contributed by atoms with Crippen LogP contribution in [0.4, 0.5) is 0 Å².